The Labute approximate surface area is 164 Å². The minimum absolute atomic E-state index is 0.251. The van der Waals surface area contributed by atoms with E-state index in [1.165, 1.54) is 17.6 Å². The van der Waals surface area contributed by atoms with Gasteiger partial charge in [-0.25, -0.2) is 0 Å². The molecule has 2 aromatic carbocycles. The highest BCUT2D eigenvalue weighted by molar-refractivity contribution is 6.35. The van der Waals surface area contributed by atoms with E-state index in [0.717, 1.165) is 13.1 Å². The number of nitrogens with zero attached hydrogens (tertiary/aromatic N) is 3. The van der Waals surface area contributed by atoms with Crippen LogP contribution in [0.3, 0.4) is 0 Å². The summed E-state index contributed by atoms with van der Waals surface area (Å²) in [6, 6.07) is 17.6. The SMILES string of the molecule is COc1ccccc1C1=C(N2CCN(c3ccccc3)CC2)C(=O)N(C)C1=O. The zero-order chi connectivity index (χ0) is 19.7. The normalized spacial score (nSPS) is 17.6. The van der Waals surface area contributed by atoms with E-state index in [-0.39, 0.29) is 11.8 Å². The third-order valence-electron chi connectivity index (χ3n) is 5.36. The number of piperazine rings is 1. The summed E-state index contributed by atoms with van der Waals surface area (Å²) in [5.74, 6) is 0.0587. The Morgan fingerprint density at radius 1 is 0.786 bits per heavy atom. The van der Waals surface area contributed by atoms with Crippen molar-refractivity contribution in [2.24, 2.45) is 0 Å². The fourth-order valence-electron chi connectivity index (χ4n) is 3.84. The molecule has 2 aliphatic rings. The number of amides is 2. The van der Waals surface area contributed by atoms with Crippen LogP contribution in [0.1, 0.15) is 5.56 Å². The summed E-state index contributed by atoms with van der Waals surface area (Å²) in [4.78, 5) is 31.3. The number of hydrogen-bond acceptors (Lipinski definition) is 5. The lowest BCUT2D eigenvalue weighted by molar-refractivity contribution is -0.135. The number of likely N-dealkylation sites (N-methyl/N-ethyl adjacent to an activating group) is 1. The van der Waals surface area contributed by atoms with Crippen LogP contribution in [0.2, 0.25) is 0 Å². The number of anilines is 1. The van der Waals surface area contributed by atoms with Gasteiger partial charge in [0.15, 0.2) is 0 Å². The summed E-state index contributed by atoms with van der Waals surface area (Å²) in [6.07, 6.45) is 0. The number of benzene rings is 2. The topological polar surface area (TPSA) is 53.1 Å². The maximum atomic E-state index is 12.9. The van der Waals surface area contributed by atoms with Crippen molar-refractivity contribution in [2.75, 3.05) is 45.2 Å². The molecule has 2 aliphatic heterocycles. The van der Waals surface area contributed by atoms with Gasteiger partial charge in [-0.2, -0.15) is 0 Å². The third kappa shape index (κ3) is 3.01. The van der Waals surface area contributed by atoms with Crippen LogP contribution in [0.5, 0.6) is 5.75 Å². The van der Waals surface area contributed by atoms with Crippen LogP contribution in [0.25, 0.3) is 5.57 Å². The molecule has 1 saturated heterocycles. The average Bonchev–Trinajstić information content (AvgIpc) is 2.98. The number of ether oxygens (including phenoxy) is 1. The smallest absolute Gasteiger partial charge is 0.277 e. The van der Waals surface area contributed by atoms with Gasteiger partial charge in [0.05, 0.1) is 12.7 Å². The summed E-state index contributed by atoms with van der Waals surface area (Å²) in [5, 5.41) is 0. The van der Waals surface area contributed by atoms with E-state index in [4.69, 9.17) is 4.74 Å². The molecule has 4 rings (SSSR count). The van der Waals surface area contributed by atoms with E-state index in [9.17, 15) is 9.59 Å². The molecule has 0 atom stereocenters. The number of rotatable bonds is 4. The van der Waals surface area contributed by atoms with E-state index >= 15 is 0 Å². The summed E-state index contributed by atoms with van der Waals surface area (Å²) < 4.78 is 5.44. The van der Waals surface area contributed by atoms with Gasteiger partial charge in [0.1, 0.15) is 11.4 Å². The second kappa shape index (κ2) is 7.38. The Morgan fingerprint density at radius 2 is 1.39 bits per heavy atom. The average molecular weight is 377 g/mol. The van der Waals surface area contributed by atoms with Crippen LogP contribution in [0, 0.1) is 0 Å². The number of carbonyl (C=O) groups is 2. The molecule has 6 heteroatoms. The Morgan fingerprint density at radius 3 is 2.07 bits per heavy atom. The molecule has 0 unspecified atom stereocenters. The molecule has 144 valence electrons. The van der Waals surface area contributed by atoms with Crippen molar-refractivity contribution in [3.8, 4) is 5.75 Å². The maximum Gasteiger partial charge on any atom is 0.277 e. The van der Waals surface area contributed by atoms with Gasteiger partial charge < -0.3 is 14.5 Å². The highest BCUT2D eigenvalue weighted by Gasteiger charge is 2.41. The Balaban J connectivity index is 1.67. The quantitative estimate of drug-likeness (QED) is 0.765. The first kappa shape index (κ1) is 18.1. The van der Waals surface area contributed by atoms with Gasteiger partial charge in [-0.05, 0) is 18.2 Å². The van der Waals surface area contributed by atoms with Crippen molar-refractivity contribution < 1.29 is 14.3 Å². The standard InChI is InChI=1S/C22H23N3O3/c1-23-21(26)19(17-10-6-7-11-18(17)28-2)20(22(23)27)25-14-12-24(13-15-25)16-8-4-3-5-9-16/h3-11H,12-15H2,1-2H3. The molecule has 28 heavy (non-hydrogen) atoms. The molecule has 0 N–H and O–H groups in total. The predicted octanol–water partition coefficient (Wildman–Crippen LogP) is 2.23. The van der Waals surface area contributed by atoms with Crippen LogP contribution in [0.4, 0.5) is 5.69 Å². The van der Waals surface area contributed by atoms with Crippen molar-refractivity contribution in [2.45, 2.75) is 0 Å². The monoisotopic (exact) mass is 377 g/mol. The number of methoxy groups -OCH3 is 1. The van der Waals surface area contributed by atoms with Crippen molar-refractivity contribution in [1.82, 2.24) is 9.80 Å². The molecule has 2 amide bonds. The van der Waals surface area contributed by atoms with E-state index < -0.39 is 0 Å². The molecule has 0 aromatic heterocycles. The van der Waals surface area contributed by atoms with Crippen LogP contribution in [-0.2, 0) is 9.59 Å². The Hall–Kier alpha value is -3.28. The van der Waals surface area contributed by atoms with Crippen LogP contribution < -0.4 is 9.64 Å². The van der Waals surface area contributed by atoms with Crippen LogP contribution in [0.15, 0.2) is 60.3 Å². The second-order valence-electron chi connectivity index (χ2n) is 6.90. The number of imide groups is 1. The van der Waals surface area contributed by atoms with Gasteiger partial charge in [-0.3, -0.25) is 14.5 Å². The summed E-state index contributed by atoms with van der Waals surface area (Å²) in [5.41, 5.74) is 2.74. The van der Waals surface area contributed by atoms with Crippen molar-refractivity contribution >= 4 is 23.1 Å². The van der Waals surface area contributed by atoms with Gasteiger partial charge in [-0.15, -0.1) is 0 Å². The lowest BCUT2D eigenvalue weighted by Gasteiger charge is -2.37. The highest BCUT2D eigenvalue weighted by atomic mass is 16.5. The molecule has 2 aromatic rings. The van der Waals surface area contributed by atoms with Crippen LogP contribution in [-0.4, -0.2) is 62.0 Å². The van der Waals surface area contributed by atoms with Crippen molar-refractivity contribution in [1.29, 1.82) is 0 Å². The first-order chi connectivity index (χ1) is 13.6. The molecule has 0 saturated carbocycles. The zero-order valence-corrected chi connectivity index (χ0v) is 16.1. The molecular formula is C22H23N3O3. The number of para-hydroxylation sites is 2. The minimum atomic E-state index is -0.282. The largest absolute Gasteiger partial charge is 0.496 e. The second-order valence-corrected chi connectivity index (χ2v) is 6.90. The molecular weight excluding hydrogens is 354 g/mol. The molecule has 0 radical (unpaired) electrons. The summed E-state index contributed by atoms with van der Waals surface area (Å²) in [6.45, 7) is 2.93. The molecule has 2 heterocycles. The van der Waals surface area contributed by atoms with E-state index in [1.54, 1.807) is 7.11 Å². The van der Waals surface area contributed by atoms with Gasteiger partial charge in [-0.1, -0.05) is 36.4 Å². The lowest BCUT2D eigenvalue weighted by Crippen LogP contribution is -2.47. The highest BCUT2D eigenvalue weighted by Crippen LogP contribution is 2.36. The number of carbonyl (C=O) groups excluding carboxylic acids is 2. The van der Waals surface area contributed by atoms with E-state index in [2.05, 4.69) is 17.0 Å². The number of hydrogen-bond donors (Lipinski definition) is 0. The molecule has 1 fully saturated rings. The third-order valence-corrected chi connectivity index (χ3v) is 5.36. The van der Waals surface area contributed by atoms with Gasteiger partial charge in [0.2, 0.25) is 0 Å². The Kier molecular flexibility index (Phi) is 4.77. The van der Waals surface area contributed by atoms with E-state index in [1.807, 2.05) is 47.4 Å². The minimum Gasteiger partial charge on any atom is -0.496 e. The lowest BCUT2D eigenvalue weighted by atomic mass is 10.0. The summed E-state index contributed by atoms with van der Waals surface area (Å²) >= 11 is 0. The van der Waals surface area contributed by atoms with Gasteiger partial charge >= 0.3 is 0 Å². The van der Waals surface area contributed by atoms with Gasteiger partial charge in [0.25, 0.3) is 11.8 Å². The molecule has 0 spiro atoms. The first-order valence-corrected chi connectivity index (χ1v) is 9.37. The van der Waals surface area contributed by atoms with Gasteiger partial charge in [0, 0.05) is 44.5 Å². The van der Waals surface area contributed by atoms with Crippen molar-refractivity contribution in [3.63, 3.8) is 0 Å². The first-order valence-electron chi connectivity index (χ1n) is 9.37. The molecule has 0 aliphatic carbocycles. The fraction of sp³-hybridized carbons (Fsp3) is 0.273. The van der Waals surface area contributed by atoms with E-state index in [0.29, 0.717) is 35.7 Å². The molecule has 0 bridgehead atoms. The predicted molar refractivity (Wildman–Crippen MR) is 108 cm³/mol. The van der Waals surface area contributed by atoms with Crippen molar-refractivity contribution in [3.05, 3.63) is 65.9 Å². The zero-order valence-electron chi connectivity index (χ0n) is 16.1. The fourth-order valence-corrected chi connectivity index (χ4v) is 3.84. The Bertz CT molecular complexity index is 931. The molecule has 6 nitrogen and oxygen atoms in total. The maximum absolute atomic E-state index is 12.9. The summed E-state index contributed by atoms with van der Waals surface area (Å²) in [7, 11) is 3.11. The van der Waals surface area contributed by atoms with Crippen LogP contribution >= 0.6 is 0 Å².